The number of hydrogen-bond donors (Lipinski definition) is 1. The largest absolute Gasteiger partial charge is 0.381 e. The monoisotopic (exact) mass is 244 g/mol. The van der Waals surface area contributed by atoms with Crippen molar-refractivity contribution in [2.45, 2.75) is 26.4 Å². The second kappa shape index (κ2) is 4.54. The molecule has 0 aromatic heterocycles. The Morgan fingerprint density at radius 3 is 2.28 bits per heavy atom. The summed E-state index contributed by atoms with van der Waals surface area (Å²) in [5.41, 5.74) is 1.81. The first kappa shape index (κ1) is 12.8. The summed E-state index contributed by atoms with van der Waals surface area (Å²) in [5, 5.41) is 10.6. The molecule has 1 unspecified atom stereocenters. The van der Waals surface area contributed by atoms with E-state index in [0.717, 1.165) is 11.1 Å². The lowest BCUT2D eigenvalue weighted by atomic mass is 9.87. The number of aryl methyl sites for hydroxylation is 2. The highest BCUT2D eigenvalue weighted by Gasteiger charge is 2.26. The van der Waals surface area contributed by atoms with Gasteiger partial charge < -0.3 is 5.11 Å². The van der Waals surface area contributed by atoms with E-state index < -0.39 is 5.60 Å². The predicted molar refractivity (Wildman–Crippen MR) is 71.0 cm³/mol. The van der Waals surface area contributed by atoms with Crippen LogP contribution in [0.15, 0.2) is 42.5 Å². The minimum absolute atomic E-state index is 0.291. The molecule has 1 nitrogen and oxygen atoms in total. The van der Waals surface area contributed by atoms with E-state index >= 15 is 0 Å². The molecule has 2 heteroatoms. The third-order valence-electron chi connectivity index (χ3n) is 3.31. The van der Waals surface area contributed by atoms with Crippen molar-refractivity contribution in [1.29, 1.82) is 0 Å². The van der Waals surface area contributed by atoms with E-state index in [-0.39, 0.29) is 5.82 Å². The van der Waals surface area contributed by atoms with Gasteiger partial charge >= 0.3 is 0 Å². The molecule has 0 radical (unpaired) electrons. The summed E-state index contributed by atoms with van der Waals surface area (Å²) in [6.07, 6.45) is 0. The summed E-state index contributed by atoms with van der Waals surface area (Å²) in [4.78, 5) is 0. The van der Waals surface area contributed by atoms with Crippen molar-refractivity contribution in [2.75, 3.05) is 0 Å². The highest BCUT2D eigenvalue weighted by Crippen LogP contribution is 2.30. The Bertz CT molecular complexity index is 573. The molecule has 0 heterocycles. The normalized spacial score (nSPS) is 14.3. The lowest BCUT2D eigenvalue weighted by Gasteiger charge is -2.25. The Morgan fingerprint density at radius 2 is 1.67 bits per heavy atom. The molecule has 0 saturated heterocycles. The Morgan fingerprint density at radius 1 is 1.00 bits per heavy atom. The average Bonchev–Trinajstić information content (AvgIpc) is 2.32. The Balaban J connectivity index is 2.50. The minimum Gasteiger partial charge on any atom is -0.381 e. The molecular formula is C16H17FO. The highest BCUT2D eigenvalue weighted by molar-refractivity contribution is 5.38. The smallest absolute Gasteiger partial charge is 0.126 e. The fourth-order valence-corrected chi connectivity index (χ4v) is 2.01. The van der Waals surface area contributed by atoms with Crippen molar-refractivity contribution < 1.29 is 9.50 Å². The second-order valence-electron chi connectivity index (χ2n) is 4.91. The van der Waals surface area contributed by atoms with Crippen LogP contribution in [0.4, 0.5) is 4.39 Å². The molecule has 2 rings (SSSR count). The van der Waals surface area contributed by atoms with Gasteiger partial charge in [-0.05, 0) is 43.5 Å². The molecule has 0 bridgehead atoms. The first-order valence-electron chi connectivity index (χ1n) is 5.97. The molecule has 94 valence electrons. The van der Waals surface area contributed by atoms with Crippen molar-refractivity contribution in [1.82, 2.24) is 0 Å². The zero-order valence-electron chi connectivity index (χ0n) is 10.9. The van der Waals surface area contributed by atoms with Crippen LogP contribution in [-0.2, 0) is 5.60 Å². The van der Waals surface area contributed by atoms with Gasteiger partial charge in [-0.3, -0.25) is 0 Å². The van der Waals surface area contributed by atoms with Crippen LogP contribution in [-0.4, -0.2) is 5.11 Å². The van der Waals surface area contributed by atoms with Gasteiger partial charge in [0.05, 0.1) is 0 Å². The minimum atomic E-state index is -1.18. The third kappa shape index (κ3) is 2.29. The van der Waals surface area contributed by atoms with Crippen LogP contribution in [0.2, 0.25) is 0 Å². The number of benzene rings is 2. The van der Waals surface area contributed by atoms with Crippen molar-refractivity contribution >= 4 is 0 Å². The van der Waals surface area contributed by atoms with Gasteiger partial charge in [0.2, 0.25) is 0 Å². The van der Waals surface area contributed by atoms with E-state index in [0.29, 0.717) is 11.1 Å². The summed E-state index contributed by atoms with van der Waals surface area (Å²) in [6.45, 7) is 5.36. The van der Waals surface area contributed by atoms with Crippen molar-refractivity contribution in [2.24, 2.45) is 0 Å². The van der Waals surface area contributed by atoms with Gasteiger partial charge in [0, 0.05) is 0 Å². The van der Waals surface area contributed by atoms with Crippen LogP contribution in [0.25, 0.3) is 0 Å². The van der Waals surface area contributed by atoms with E-state index in [2.05, 4.69) is 0 Å². The first-order valence-corrected chi connectivity index (χ1v) is 5.97. The maximum absolute atomic E-state index is 13.6. The Labute approximate surface area is 107 Å². The van der Waals surface area contributed by atoms with E-state index in [1.54, 1.807) is 26.0 Å². The number of hydrogen-bond acceptors (Lipinski definition) is 1. The zero-order chi connectivity index (χ0) is 13.3. The maximum atomic E-state index is 13.6. The highest BCUT2D eigenvalue weighted by atomic mass is 19.1. The quantitative estimate of drug-likeness (QED) is 0.854. The summed E-state index contributed by atoms with van der Waals surface area (Å²) < 4.78 is 13.6. The van der Waals surface area contributed by atoms with Gasteiger partial charge in [0.1, 0.15) is 11.4 Å². The van der Waals surface area contributed by atoms with Crippen molar-refractivity contribution in [3.63, 3.8) is 0 Å². The number of halogens is 1. The summed E-state index contributed by atoms with van der Waals surface area (Å²) in [5.74, 6) is -0.291. The average molecular weight is 244 g/mol. The zero-order valence-corrected chi connectivity index (χ0v) is 10.9. The topological polar surface area (TPSA) is 20.2 Å². The van der Waals surface area contributed by atoms with E-state index in [1.165, 1.54) is 6.07 Å². The standard InChI is InChI=1S/C16H17FO/c1-11-5-4-6-13(9-11)16(3,18)14-8-7-12(2)15(17)10-14/h4-10,18H,1-3H3. The van der Waals surface area contributed by atoms with Crippen LogP contribution in [0.1, 0.15) is 29.2 Å². The fraction of sp³-hybridized carbons (Fsp3) is 0.250. The van der Waals surface area contributed by atoms with E-state index in [1.807, 2.05) is 31.2 Å². The number of aliphatic hydroxyl groups is 1. The predicted octanol–water partition coefficient (Wildman–Crippen LogP) is 3.70. The van der Waals surface area contributed by atoms with Crippen molar-refractivity contribution in [3.05, 3.63) is 70.5 Å². The molecule has 2 aromatic carbocycles. The lowest BCUT2D eigenvalue weighted by molar-refractivity contribution is 0.102. The van der Waals surface area contributed by atoms with Gasteiger partial charge in [-0.25, -0.2) is 4.39 Å². The molecule has 18 heavy (non-hydrogen) atoms. The van der Waals surface area contributed by atoms with Gasteiger partial charge in [0.15, 0.2) is 0 Å². The summed E-state index contributed by atoms with van der Waals surface area (Å²) >= 11 is 0. The molecule has 1 N–H and O–H groups in total. The molecule has 0 amide bonds. The molecule has 0 aliphatic rings. The van der Waals surface area contributed by atoms with Gasteiger partial charge in [-0.1, -0.05) is 42.0 Å². The van der Waals surface area contributed by atoms with Crippen LogP contribution in [0.3, 0.4) is 0 Å². The fourth-order valence-electron chi connectivity index (χ4n) is 2.01. The Kier molecular flexibility index (Phi) is 3.22. The molecule has 2 aromatic rings. The number of rotatable bonds is 2. The van der Waals surface area contributed by atoms with Gasteiger partial charge in [-0.15, -0.1) is 0 Å². The van der Waals surface area contributed by atoms with Gasteiger partial charge in [-0.2, -0.15) is 0 Å². The van der Waals surface area contributed by atoms with Crippen LogP contribution in [0, 0.1) is 19.7 Å². The summed E-state index contributed by atoms with van der Waals surface area (Å²) in [6, 6.07) is 12.5. The Hall–Kier alpha value is -1.67. The molecule has 0 aliphatic carbocycles. The van der Waals surface area contributed by atoms with E-state index in [9.17, 15) is 9.50 Å². The molecule has 0 aliphatic heterocycles. The molecule has 1 atom stereocenters. The second-order valence-corrected chi connectivity index (χ2v) is 4.91. The molecular weight excluding hydrogens is 227 g/mol. The first-order chi connectivity index (χ1) is 8.41. The van der Waals surface area contributed by atoms with Crippen LogP contribution >= 0.6 is 0 Å². The summed E-state index contributed by atoms with van der Waals surface area (Å²) in [7, 11) is 0. The van der Waals surface area contributed by atoms with E-state index in [4.69, 9.17) is 0 Å². The van der Waals surface area contributed by atoms with Crippen LogP contribution < -0.4 is 0 Å². The maximum Gasteiger partial charge on any atom is 0.126 e. The SMILES string of the molecule is Cc1cccc(C(C)(O)c2ccc(C)c(F)c2)c1. The molecule has 0 spiro atoms. The third-order valence-corrected chi connectivity index (χ3v) is 3.31. The van der Waals surface area contributed by atoms with Crippen molar-refractivity contribution in [3.8, 4) is 0 Å². The molecule has 0 fully saturated rings. The van der Waals surface area contributed by atoms with Crippen LogP contribution in [0.5, 0.6) is 0 Å². The lowest BCUT2D eigenvalue weighted by Crippen LogP contribution is -2.23. The van der Waals surface area contributed by atoms with Gasteiger partial charge in [0.25, 0.3) is 0 Å². The molecule has 0 saturated carbocycles.